The van der Waals surface area contributed by atoms with E-state index in [4.69, 9.17) is 4.74 Å². The third kappa shape index (κ3) is 5.74. The Morgan fingerprint density at radius 1 is 1.35 bits per heavy atom. The molecule has 1 N–H and O–H groups in total. The topological polar surface area (TPSA) is 72.3 Å². The third-order valence-electron chi connectivity index (χ3n) is 3.90. The summed E-state index contributed by atoms with van der Waals surface area (Å²) in [4.78, 5) is 14.5. The van der Waals surface area contributed by atoms with Gasteiger partial charge in [0.25, 0.3) is 0 Å². The second-order valence-corrected chi connectivity index (χ2v) is 7.01. The summed E-state index contributed by atoms with van der Waals surface area (Å²) in [5, 5.41) is 11.6. The van der Waals surface area contributed by atoms with Gasteiger partial charge in [0.1, 0.15) is 6.33 Å². The number of anilines is 2. The second kappa shape index (κ2) is 10.2. The first kappa shape index (κ1) is 20.3. The molecule has 0 aliphatic heterocycles. The van der Waals surface area contributed by atoms with Crippen molar-refractivity contribution in [2.75, 3.05) is 36.2 Å². The van der Waals surface area contributed by atoms with Crippen molar-refractivity contribution < 1.29 is 9.53 Å². The van der Waals surface area contributed by atoms with Crippen molar-refractivity contribution in [2.24, 2.45) is 0 Å². The van der Waals surface area contributed by atoms with Crippen molar-refractivity contribution in [3.8, 4) is 0 Å². The summed E-state index contributed by atoms with van der Waals surface area (Å²) in [5.41, 5.74) is 1.95. The Morgan fingerprint density at radius 3 is 2.69 bits per heavy atom. The highest BCUT2D eigenvalue weighted by molar-refractivity contribution is 7.99. The van der Waals surface area contributed by atoms with Crippen LogP contribution in [-0.2, 0) is 16.1 Å². The lowest BCUT2D eigenvalue weighted by atomic mass is 10.2. The van der Waals surface area contributed by atoms with Gasteiger partial charge in [-0.25, -0.2) is 0 Å². The molecule has 2 aromatic rings. The minimum absolute atomic E-state index is 0.0692. The third-order valence-corrected chi connectivity index (χ3v) is 4.88. The van der Waals surface area contributed by atoms with E-state index in [1.165, 1.54) is 11.8 Å². The zero-order valence-corrected chi connectivity index (χ0v) is 16.6. The predicted octanol–water partition coefficient (Wildman–Crippen LogP) is 2.89. The molecule has 26 heavy (non-hydrogen) atoms. The maximum atomic E-state index is 12.2. The van der Waals surface area contributed by atoms with Gasteiger partial charge in [0, 0.05) is 37.6 Å². The van der Waals surface area contributed by atoms with Gasteiger partial charge in [-0.15, -0.1) is 10.2 Å². The van der Waals surface area contributed by atoms with Gasteiger partial charge in [-0.05, 0) is 45.0 Å². The first-order valence-corrected chi connectivity index (χ1v) is 9.69. The first-order valence-electron chi connectivity index (χ1n) is 8.71. The van der Waals surface area contributed by atoms with Gasteiger partial charge in [-0.1, -0.05) is 11.8 Å². The number of nitrogens with zero attached hydrogens (tertiary/aromatic N) is 4. The standard InChI is InChI=1S/C18H27N5O2S/c1-5-23(14(2)3)16-8-6-15(7-9-16)20-17(24)12-26-18-21-19-13-22(18)10-11-25-4/h6-9,13-14H,5,10-12H2,1-4H3,(H,20,24). The fourth-order valence-corrected chi connectivity index (χ4v) is 3.35. The molecule has 0 radical (unpaired) electrons. The Hall–Kier alpha value is -2.06. The summed E-state index contributed by atoms with van der Waals surface area (Å²) in [7, 11) is 1.65. The molecule has 1 aromatic carbocycles. The summed E-state index contributed by atoms with van der Waals surface area (Å²) in [6, 6.07) is 8.38. The van der Waals surface area contributed by atoms with Gasteiger partial charge in [0.15, 0.2) is 5.16 Å². The number of carbonyl (C=O) groups is 1. The van der Waals surface area contributed by atoms with Crippen molar-refractivity contribution in [3.63, 3.8) is 0 Å². The number of ether oxygens (including phenoxy) is 1. The van der Waals surface area contributed by atoms with E-state index >= 15 is 0 Å². The van der Waals surface area contributed by atoms with Crippen LogP contribution >= 0.6 is 11.8 Å². The van der Waals surface area contributed by atoms with Crippen LogP contribution in [0.4, 0.5) is 11.4 Å². The van der Waals surface area contributed by atoms with Crippen LogP contribution in [0, 0.1) is 0 Å². The maximum Gasteiger partial charge on any atom is 0.234 e. The number of hydrogen-bond donors (Lipinski definition) is 1. The van der Waals surface area contributed by atoms with E-state index in [9.17, 15) is 4.79 Å². The summed E-state index contributed by atoms with van der Waals surface area (Å²) >= 11 is 1.36. The Labute approximate surface area is 159 Å². The van der Waals surface area contributed by atoms with Gasteiger partial charge < -0.3 is 19.5 Å². The summed E-state index contributed by atoms with van der Waals surface area (Å²) in [6.07, 6.45) is 1.65. The van der Waals surface area contributed by atoms with Crippen LogP contribution in [0.2, 0.25) is 0 Å². The Balaban J connectivity index is 1.87. The normalized spacial score (nSPS) is 11.0. The molecular formula is C18H27N5O2S. The van der Waals surface area contributed by atoms with E-state index in [0.29, 0.717) is 24.3 Å². The van der Waals surface area contributed by atoms with E-state index in [2.05, 4.69) is 41.2 Å². The molecule has 1 amide bonds. The number of methoxy groups -OCH3 is 1. The zero-order chi connectivity index (χ0) is 18.9. The van der Waals surface area contributed by atoms with E-state index in [-0.39, 0.29) is 11.7 Å². The summed E-state index contributed by atoms with van der Waals surface area (Å²) in [6.45, 7) is 8.67. The summed E-state index contributed by atoms with van der Waals surface area (Å²) < 4.78 is 6.93. The van der Waals surface area contributed by atoms with E-state index in [1.54, 1.807) is 13.4 Å². The minimum atomic E-state index is -0.0692. The molecule has 0 bridgehead atoms. The average molecular weight is 378 g/mol. The molecule has 0 atom stereocenters. The quantitative estimate of drug-likeness (QED) is 0.642. The highest BCUT2D eigenvalue weighted by Crippen LogP contribution is 2.20. The van der Waals surface area contributed by atoms with Crippen LogP contribution < -0.4 is 10.2 Å². The molecule has 0 aliphatic rings. The lowest BCUT2D eigenvalue weighted by molar-refractivity contribution is -0.113. The first-order chi connectivity index (χ1) is 12.5. The predicted molar refractivity (Wildman–Crippen MR) is 106 cm³/mol. The number of nitrogens with one attached hydrogen (secondary N) is 1. The lowest BCUT2D eigenvalue weighted by Crippen LogP contribution is -2.30. The number of aromatic nitrogens is 3. The molecule has 0 saturated heterocycles. The smallest absolute Gasteiger partial charge is 0.234 e. The van der Waals surface area contributed by atoms with Gasteiger partial charge in [-0.3, -0.25) is 4.79 Å². The van der Waals surface area contributed by atoms with Gasteiger partial charge >= 0.3 is 0 Å². The molecule has 0 saturated carbocycles. The molecule has 142 valence electrons. The summed E-state index contributed by atoms with van der Waals surface area (Å²) in [5.74, 6) is 0.209. The number of rotatable bonds is 10. The van der Waals surface area contributed by atoms with Crippen molar-refractivity contribution in [1.82, 2.24) is 14.8 Å². The molecule has 0 unspecified atom stereocenters. The molecule has 2 rings (SSSR count). The average Bonchev–Trinajstić information content (AvgIpc) is 3.07. The molecule has 1 heterocycles. The Bertz CT molecular complexity index is 687. The fraction of sp³-hybridized carbons (Fsp3) is 0.500. The van der Waals surface area contributed by atoms with Crippen LogP contribution in [0.1, 0.15) is 20.8 Å². The minimum Gasteiger partial charge on any atom is -0.383 e. The van der Waals surface area contributed by atoms with Crippen LogP contribution in [0.3, 0.4) is 0 Å². The van der Waals surface area contributed by atoms with Crippen LogP contribution in [0.15, 0.2) is 35.7 Å². The molecule has 1 aromatic heterocycles. The SMILES string of the molecule is CCN(c1ccc(NC(=O)CSc2nncn2CCOC)cc1)C(C)C. The molecule has 8 heteroatoms. The van der Waals surface area contributed by atoms with Crippen molar-refractivity contribution in [1.29, 1.82) is 0 Å². The second-order valence-electron chi connectivity index (χ2n) is 6.06. The maximum absolute atomic E-state index is 12.2. The Morgan fingerprint density at radius 2 is 2.08 bits per heavy atom. The Kier molecular flexibility index (Phi) is 7.93. The highest BCUT2D eigenvalue weighted by Gasteiger charge is 2.11. The van der Waals surface area contributed by atoms with Crippen LogP contribution in [0.5, 0.6) is 0 Å². The number of hydrogen-bond acceptors (Lipinski definition) is 6. The van der Waals surface area contributed by atoms with Crippen molar-refractivity contribution in [3.05, 3.63) is 30.6 Å². The van der Waals surface area contributed by atoms with E-state index in [0.717, 1.165) is 17.9 Å². The molecule has 7 nitrogen and oxygen atoms in total. The van der Waals surface area contributed by atoms with Gasteiger partial charge in [-0.2, -0.15) is 0 Å². The number of amides is 1. The van der Waals surface area contributed by atoms with Crippen molar-refractivity contribution >= 4 is 29.0 Å². The largest absolute Gasteiger partial charge is 0.383 e. The van der Waals surface area contributed by atoms with E-state index < -0.39 is 0 Å². The molecule has 0 spiro atoms. The van der Waals surface area contributed by atoms with Gasteiger partial charge in [0.05, 0.1) is 12.4 Å². The van der Waals surface area contributed by atoms with Crippen LogP contribution in [-0.4, -0.2) is 52.7 Å². The molecular weight excluding hydrogens is 350 g/mol. The van der Waals surface area contributed by atoms with Crippen molar-refractivity contribution in [2.45, 2.75) is 38.5 Å². The van der Waals surface area contributed by atoms with Crippen LogP contribution in [0.25, 0.3) is 0 Å². The lowest BCUT2D eigenvalue weighted by Gasteiger charge is -2.27. The number of carbonyl (C=O) groups excluding carboxylic acids is 1. The zero-order valence-electron chi connectivity index (χ0n) is 15.8. The fourth-order valence-electron chi connectivity index (χ4n) is 2.61. The number of benzene rings is 1. The molecule has 0 aliphatic carbocycles. The molecule has 0 fully saturated rings. The highest BCUT2D eigenvalue weighted by atomic mass is 32.2. The van der Waals surface area contributed by atoms with E-state index in [1.807, 2.05) is 28.8 Å². The van der Waals surface area contributed by atoms with Gasteiger partial charge in [0.2, 0.25) is 5.91 Å². The monoisotopic (exact) mass is 377 g/mol. The number of thioether (sulfide) groups is 1.